The SMILES string of the molecule is O=C(O)c1cc2nc(Cc3ccccc3F)[nH]c2cc1F. The third-order valence-electron chi connectivity index (χ3n) is 3.17. The van der Waals surface area contributed by atoms with Crippen LogP contribution in [0.1, 0.15) is 21.7 Å². The minimum absolute atomic E-state index is 0.214. The van der Waals surface area contributed by atoms with Crippen molar-refractivity contribution in [2.75, 3.05) is 0 Å². The van der Waals surface area contributed by atoms with Crippen LogP contribution in [-0.4, -0.2) is 21.0 Å². The predicted octanol–water partition coefficient (Wildman–Crippen LogP) is 3.13. The smallest absolute Gasteiger partial charge is 0.338 e. The maximum absolute atomic E-state index is 13.6. The Balaban J connectivity index is 2.02. The first-order chi connectivity index (χ1) is 10.0. The zero-order chi connectivity index (χ0) is 15.0. The maximum Gasteiger partial charge on any atom is 0.338 e. The largest absolute Gasteiger partial charge is 0.478 e. The standard InChI is InChI=1S/C15H10F2N2O2/c16-10-4-2-1-3-8(10)5-14-18-12-6-9(15(20)21)11(17)7-13(12)19-14/h1-4,6-7H,5H2,(H,18,19)(H,20,21). The summed E-state index contributed by atoms with van der Waals surface area (Å²) in [4.78, 5) is 17.9. The van der Waals surface area contributed by atoms with Gasteiger partial charge in [-0.3, -0.25) is 0 Å². The molecule has 0 saturated heterocycles. The number of hydrogen-bond donors (Lipinski definition) is 2. The van der Waals surface area contributed by atoms with Crippen LogP contribution in [0.3, 0.4) is 0 Å². The Morgan fingerprint density at radius 3 is 2.67 bits per heavy atom. The van der Waals surface area contributed by atoms with Gasteiger partial charge in [-0.05, 0) is 17.7 Å². The van der Waals surface area contributed by atoms with Crippen LogP contribution in [0.4, 0.5) is 8.78 Å². The summed E-state index contributed by atoms with van der Waals surface area (Å²) in [5.41, 5.74) is 0.728. The van der Waals surface area contributed by atoms with E-state index in [2.05, 4.69) is 9.97 Å². The molecule has 0 spiro atoms. The molecule has 0 atom stereocenters. The molecule has 106 valence electrons. The van der Waals surface area contributed by atoms with Crippen LogP contribution in [0.15, 0.2) is 36.4 Å². The Morgan fingerprint density at radius 2 is 1.95 bits per heavy atom. The van der Waals surface area contributed by atoms with Gasteiger partial charge < -0.3 is 10.1 Å². The van der Waals surface area contributed by atoms with E-state index in [4.69, 9.17) is 5.11 Å². The summed E-state index contributed by atoms with van der Waals surface area (Å²) < 4.78 is 27.2. The van der Waals surface area contributed by atoms with Crippen LogP contribution in [0.5, 0.6) is 0 Å². The van der Waals surface area contributed by atoms with Gasteiger partial charge in [0.05, 0.1) is 16.6 Å². The Labute approximate surface area is 118 Å². The van der Waals surface area contributed by atoms with Crippen LogP contribution in [0.25, 0.3) is 11.0 Å². The van der Waals surface area contributed by atoms with Gasteiger partial charge in [0.2, 0.25) is 0 Å². The molecule has 2 aromatic carbocycles. The van der Waals surface area contributed by atoms with E-state index in [9.17, 15) is 13.6 Å². The summed E-state index contributed by atoms with van der Waals surface area (Å²) in [6.45, 7) is 0. The molecule has 0 unspecified atom stereocenters. The minimum atomic E-state index is -1.35. The highest BCUT2D eigenvalue weighted by atomic mass is 19.1. The van der Waals surface area contributed by atoms with E-state index >= 15 is 0 Å². The average Bonchev–Trinajstić information content (AvgIpc) is 2.81. The lowest BCUT2D eigenvalue weighted by molar-refractivity contribution is 0.0692. The van der Waals surface area contributed by atoms with E-state index in [0.29, 0.717) is 22.4 Å². The highest BCUT2D eigenvalue weighted by molar-refractivity contribution is 5.92. The van der Waals surface area contributed by atoms with E-state index in [0.717, 1.165) is 12.1 Å². The second-order valence-corrected chi connectivity index (χ2v) is 4.61. The monoisotopic (exact) mass is 288 g/mol. The number of aromatic amines is 1. The first-order valence-electron chi connectivity index (χ1n) is 6.19. The molecular formula is C15H10F2N2O2. The van der Waals surface area contributed by atoms with Gasteiger partial charge in [-0.25, -0.2) is 18.6 Å². The number of hydrogen-bond acceptors (Lipinski definition) is 2. The molecule has 0 saturated carbocycles. The topological polar surface area (TPSA) is 66.0 Å². The van der Waals surface area contributed by atoms with Crippen molar-refractivity contribution in [3.8, 4) is 0 Å². The molecule has 0 aliphatic rings. The van der Waals surface area contributed by atoms with Gasteiger partial charge in [-0.2, -0.15) is 0 Å². The molecule has 0 aliphatic carbocycles. The lowest BCUT2D eigenvalue weighted by Gasteiger charge is -1.99. The molecule has 3 aromatic rings. The third kappa shape index (κ3) is 2.47. The molecule has 1 heterocycles. The first kappa shape index (κ1) is 13.2. The number of carboxylic acid groups (broad SMARTS) is 1. The van der Waals surface area contributed by atoms with E-state index in [1.165, 1.54) is 6.07 Å². The van der Waals surface area contributed by atoms with E-state index in [-0.39, 0.29) is 12.2 Å². The Bertz CT molecular complexity index is 843. The Kier molecular flexibility index (Phi) is 3.13. The van der Waals surface area contributed by atoms with Gasteiger partial charge in [-0.15, -0.1) is 0 Å². The number of halogens is 2. The van der Waals surface area contributed by atoms with E-state index in [1.807, 2.05) is 0 Å². The molecule has 0 amide bonds. The Hall–Kier alpha value is -2.76. The fourth-order valence-electron chi connectivity index (χ4n) is 2.15. The lowest BCUT2D eigenvalue weighted by Crippen LogP contribution is -1.99. The normalized spacial score (nSPS) is 11.0. The minimum Gasteiger partial charge on any atom is -0.478 e. The molecule has 4 nitrogen and oxygen atoms in total. The molecule has 3 rings (SSSR count). The van der Waals surface area contributed by atoms with Crippen molar-refractivity contribution in [3.05, 3.63) is 65.0 Å². The number of nitrogens with zero attached hydrogens (tertiary/aromatic N) is 1. The molecule has 6 heteroatoms. The zero-order valence-electron chi connectivity index (χ0n) is 10.7. The maximum atomic E-state index is 13.6. The van der Waals surface area contributed by atoms with Crippen LogP contribution >= 0.6 is 0 Å². The fraction of sp³-hybridized carbons (Fsp3) is 0.0667. The quantitative estimate of drug-likeness (QED) is 0.778. The molecular weight excluding hydrogens is 278 g/mol. The summed E-state index contributed by atoms with van der Waals surface area (Å²) in [6, 6.07) is 8.52. The van der Waals surface area contributed by atoms with Crippen LogP contribution in [0.2, 0.25) is 0 Å². The first-order valence-corrected chi connectivity index (χ1v) is 6.19. The van der Waals surface area contributed by atoms with Crippen molar-refractivity contribution < 1.29 is 18.7 Å². The van der Waals surface area contributed by atoms with E-state index < -0.39 is 17.3 Å². The number of benzene rings is 2. The summed E-state index contributed by atoms with van der Waals surface area (Å²) in [5.74, 6) is -2.10. The van der Waals surface area contributed by atoms with Crippen molar-refractivity contribution in [2.45, 2.75) is 6.42 Å². The van der Waals surface area contributed by atoms with Crippen LogP contribution in [-0.2, 0) is 6.42 Å². The number of carbonyl (C=O) groups is 1. The molecule has 21 heavy (non-hydrogen) atoms. The molecule has 0 fully saturated rings. The number of carboxylic acids is 1. The summed E-state index contributed by atoms with van der Waals surface area (Å²) in [5, 5.41) is 8.88. The number of aromatic carboxylic acids is 1. The number of fused-ring (bicyclic) bond motifs is 1. The molecule has 0 bridgehead atoms. The summed E-state index contributed by atoms with van der Waals surface area (Å²) in [7, 11) is 0. The van der Waals surface area contributed by atoms with Gasteiger partial charge in [0.1, 0.15) is 17.5 Å². The lowest BCUT2D eigenvalue weighted by atomic mass is 10.1. The average molecular weight is 288 g/mol. The summed E-state index contributed by atoms with van der Waals surface area (Å²) in [6.07, 6.45) is 0.214. The summed E-state index contributed by atoms with van der Waals surface area (Å²) >= 11 is 0. The highest BCUT2D eigenvalue weighted by Crippen LogP contribution is 2.19. The molecule has 0 radical (unpaired) electrons. The second kappa shape index (κ2) is 4.97. The third-order valence-corrected chi connectivity index (χ3v) is 3.17. The van der Waals surface area contributed by atoms with E-state index in [1.54, 1.807) is 18.2 Å². The number of H-pyrrole nitrogens is 1. The number of aromatic nitrogens is 2. The van der Waals surface area contributed by atoms with Gasteiger partial charge in [0, 0.05) is 12.5 Å². The van der Waals surface area contributed by atoms with Gasteiger partial charge >= 0.3 is 5.97 Å². The number of imidazole rings is 1. The Morgan fingerprint density at radius 1 is 1.19 bits per heavy atom. The second-order valence-electron chi connectivity index (χ2n) is 4.61. The zero-order valence-corrected chi connectivity index (χ0v) is 10.7. The number of nitrogens with one attached hydrogen (secondary N) is 1. The highest BCUT2D eigenvalue weighted by Gasteiger charge is 2.14. The van der Waals surface area contributed by atoms with Crippen LogP contribution < -0.4 is 0 Å². The van der Waals surface area contributed by atoms with Crippen molar-refractivity contribution in [1.82, 2.24) is 9.97 Å². The fourth-order valence-corrected chi connectivity index (χ4v) is 2.15. The van der Waals surface area contributed by atoms with Crippen molar-refractivity contribution in [2.24, 2.45) is 0 Å². The van der Waals surface area contributed by atoms with Crippen LogP contribution in [0, 0.1) is 11.6 Å². The van der Waals surface area contributed by atoms with Gasteiger partial charge in [0.15, 0.2) is 0 Å². The predicted molar refractivity (Wildman–Crippen MR) is 72.2 cm³/mol. The molecule has 0 aliphatic heterocycles. The van der Waals surface area contributed by atoms with Crippen molar-refractivity contribution >= 4 is 17.0 Å². The molecule has 2 N–H and O–H groups in total. The van der Waals surface area contributed by atoms with Crippen molar-refractivity contribution in [1.29, 1.82) is 0 Å². The van der Waals surface area contributed by atoms with Gasteiger partial charge in [-0.1, -0.05) is 18.2 Å². The molecule has 1 aromatic heterocycles. The van der Waals surface area contributed by atoms with Gasteiger partial charge in [0.25, 0.3) is 0 Å². The van der Waals surface area contributed by atoms with Crippen molar-refractivity contribution in [3.63, 3.8) is 0 Å². The number of rotatable bonds is 3.